The molecule has 1 atom stereocenters. The number of carbonyl (C=O) groups is 1. The van der Waals surface area contributed by atoms with Gasteiger partial charge < -0.3 is 10.6 Å². The summed E-state index contributed by atoms with van der Waals surface area (Å²) in [5.74, 6) is 0.895. The van der Waals surface area contributed by atoms with E-state index >= 15 is 0 Å². The molecule has 3 rings (SSSR count). The third-order valence-electron chi connectivity index (χ3n) is 4.55. The average molecular weight is 339 g/mol. The van der Waals surface area contributed by atoms with E-state index in [-0.39, 0.29) is 5.91 Å². The van der Waals surface area contributed by atoms with Crippen LogP contribution in [-0.2, 0) is 17.9 Å². The van der Waals surface area contributed by atoms with Crippen LogP contribution in [0.5, 0.6) is 0 Å². The Morgan fingerprint density at radius 1 is 1.32 bits per heavy atom. The number of aromatic nitrogens is 2. The lowest BCUT2D eigenvalue weighted by Crippen LogP contribution is -2.25. The van der Waals surface area contributed by atoms with E-state index in [0.29, 0.717) is 12.6 Å². The van der Waals surface area contributed by atoms with Gasteiger partial charge in [-0.15, -0.1) is 0 Å². The highest BCUT2D eigenvalue weighted by molar-refractivity contribution is 5.72. The van der Waals surface area contributed by atoms with Crippen LogP contribution < -0.4 is 10.6 Å². The lowest BCUT2D eigenvalue weighted by Gasteiger charge is -2.25. The quantitative estimate of drug-likeness (QED) is 0.846. The van der Waals surface area contributed by atoms with Gasteiger partial charge in [-0.05, 0) is 37.6 Å². The minimum absolute atomic E-state index is 0.0362. The van der Waals surface area contributed by atoms with Crippen molar-refractivity contribution in [2.24, 2.45) is 0 Å². The Morgan fingerprint density at radius 3 is 3.00 bits per heavy atom. The Labute approximate surface area is 148 Å². The Bertz CT molecular complexity index is 733. The van der Waals surface area contributed by atoms with Crippen molar-refractivity contribution < 1.29 is 4.79 Å². The Kier molecular flexibility index (Phi) is 5.60. The van der Waals surface area contributed by atoms with Crippen molar-refractivity contribution in [3.05, 3.63) is 53.5 Å². The summed E-state index contributed by atoms with van der Waals surface area (Å²) in [4.78, 5) is 22.7. The van der Waals surface area contributed by atoms with Crippen LogP contribution in [0.4, 0.5) is 5.82 Å². The number of amides is 1. The van der Waals surface area contributed by atoms with E-state index in [1.165, 1.54) is 12.5 Å². The molecule has 3 heterocycles. The second-order valence-corrected chi connectivity index (χ2v) is 6.35. The molecule has 0 saturated carbocycles. The maximum Gasteiger partial charge on any atom is 0.217 e. The molecule has 1 unspecified atom stereocenters. The monoisotopic (exact) mass is 339 g/mol. The molecule has 0 aromatic carbocycles. The molecule has 0 bridgehead atoms. The van der Waals surface area contributed by atoms with Crippen LogP contribution in [0.25, 0.3) is 0 Å². The van der Waals surface area contributed by atoms with Crippen LogP contribution in [-0.4, -0.2) is 34.4 Å². The first-order valence-corrected chi connectivity index (χ1v) is 8.73. The van der Waals surface area contributed by atoms with E-state index in [1.54, 1.807) is 0 Å². The van der Waals surface area contributed by atoms with Gasteiger partial charge in [-0.3, -0.25) is 14.7 Å². The molecule has 2 aromatic heterocycles. The smallest absolute Gasteiger partial charge is 0.217 e. The van der Waals surface area contributed by atoms with E-state index < -0.39 is 0 Å². The van der Waals surface area contributed by atoms with Crippen LogP contribution in [0.3, 0.4) is 0 Å². The normalized spacial score (nSPS) is 17.4. The predicted octanol–water partition coefficient (Wildman–Crippen LogP) is 2.49. The Morgan fingerprint density at radius 2 is 2.20 bits per heavy atom. The van der Waals surface area contributed by atoms with Crippen molar-refractivity contribution in [2.75, 3.05) is 18.9 Å². The highest BCUT2D eigenvalue weighted by atomic mass is 16.1. The maximum atomic E-state index is 11.1. The molecule has 2 N–H and O–H groups in total. The lowest BCUT2D eigenvalue weighted by atomic mass is 10.1. The van der Waals surface area contributed by atoms with Gasteiger partial charge in [0.2, 0.25) is 5.91 Å². The zero-order valence-corrected chi connectivity index (χ0v) is 14.8. The molecule has 0 spiro atoms. The summed E-state index contributed by atoms with van der Waals surface area (Å²) in [7, 11) is 1.90. The largest absolute Gasteiger partial charge is 0.373 e. The van der Waals surface area contributed by atoms with Gasteiger partial charge in [-0.1, -0.05) is 12.1 Å². The van der Waals surface area contributed by atoms with Gasteiger partial charge in [0.15, 0.2) is 0 Å². The van der Waals surface area contributed by atoms with Crippen LogP contribution in [0.2, 0.25) is 0 Å². The number of anilines is 1. The molecule has 0 aliphatic carbocycles. The lowest BCUT2D eigenvalue weighted by molar-refractivity contribution is -0.119. The van der Waals surface area contributed by atoms with Crippen LogP contribution >= 0.6 is 0 Å². The van der Waals surface area contributed by atoms with Crippen molar-refractivity contribution in [2.45, 2.75) is 38.9 Å². The summed E-state index contributed by atoms with van der Waals surface area (Å²) in [6, 6.07) is 10.5. The van der Waals surface area contributed by atoms with Crippen molar-refractivity contribution >= 4 is 11.7 Å². The van der Waals surface area contributed by atoms with Crippen LogP contribution in [0.15, 0.2) is 36.5 Å². The topological polar surface area (TPSA) is 70.2 Å². The molecular weight excluding hydrogens is 314 g/mol. The molecule has 6 heteroatoms. The van der Waals surface area contributed by atoms with Gasteiger partial charge in [0.05, 0.1) is 24.0 Å². The molecule has 6 nitrogen and oxygen atoms in total. The first-order chi connectivity index (χ1) is 12.2. The molecule has 1 aliphatic heterocycles. The minimum Gasteiger partial charge on any atom is -0.373 e. The average Bonchev–Trinajstić information content (AvgIpc) is 3.09. The summed E-state index contributed by atoms with van der Waals surface area (Å²) < 4.78 is 0. The molecule has 0 radical (unpaired) electrons. The van der Waals surface area contributed by atoms with Gasteiger partial charge in [0.1, 0.15) is 5.82 Å². The van der Waals surface area contributed by atoms with Gasteiger partial charge >= 0.3 is 0 Å². The fraction of sp³-hybridized carbons (Fsp3) is 0.421. The van der Waals surface area contributed by atoms with Crippen LogP contribution in [0, 0.1) is 0 Å². The first kappa shape index (κ1) is 17.4. The van der Waals surface area contributed by atoms with Crippen molar-refractivity contribution in [1.82, 2.24) is 20.2 Å². The highest BCUT2D eigenvalue weighted by Gasteiger charge is 2.27. The molecule has 25 heavy (non-hydrogen) atoms. The van der Waals surface area contributed by atoms with Gasteiger partial charge in [0.25, 0.3) is 0 Å². The van der Waals surface area contributed by atoms with Gasteiger partial charge in [0, 0.05) is 32.3 Å². The second kappa shape index (κ2) is 8.07. The van der Waals surface area contributed by atoms with E-state index in [2.05, 4.69) is 32.7 Å². The summed E-state index contributed by atoms with van der Waals surface area (Å²) in [6.07, 6.45) is 4.08. The summed E-state index contributed by atoms with van der Waals surface area (Å²) in [5.41, 5.74) is 3.18. The third-order valence-corrected chi connectivity index (χ3v) is 4.55. The molecule has 2 aromatic rings. The van der Waals surface area contributed by atoms with Crippen molar-refractivity contribution in [3.63, 3.8) is 0 Å². The summed E-state index contributed by atoms with van der Waals surface area (Å²) in [6.45, 7) is 3.91. The zero-order chi connectivity index (χ0) is 17.6. The number of rotatable bonds is 6. The number of nitrogens with one attached hydrogen (secondary N) is 2. The van der Waals surface area contributed by atoms with Gasteiger partial charge in [-0.25, -0.2) is 4.98 Å². The Hall–Kier alpha value is -2.47. The minimum atomic E-state index is -0.0362. The standard InChI is InChI=1S/C19H25N5O/c1-14(25)22-12-16-7-3-8-17(23-16)18-9-5-11-24(18)13-15-6-4-10-21-19(15)20-2/h3-4,6-8,10,18H,5,9,11-13H2,1-2H3,(H,20,21)(H,22,25). The first-order valence-electron chi connectivity index (χ1n) is 8.73. The summed E-state index contributed by atoms with van der Waals surface area (Å²) in [5, 5.41) is 5.98. The number of pyridine rings is 2. The second-order valence-electron chi connectivity index (χ2n) is 6.35. The number of likely N-dealkylation sites (tertiary alicyclic amines) is 1. The van der Waals surface area contributed by atoms with Crippen molar-refractivity contribution in [3.8, 4) is 0 Å². The SMILES string of the molecule is CNc1ncccc1CN1CCCC1c1cccc(CNC(C)=O)n1. The van der Waals surface area contributed by atoms with E-state index in [9.17, 15) is 4.79 Å². The van der Waals surface area contributed by atoms with E-state index in [4.69, 9.17) is 4.98 Å². The fourth-order valence-corrected chi connectivity index (χ4v) is 3.36. The predicted molar refractivity (Wildman–Crippen MR) is 97.9 cm³/mol. The highest BCUT2D eigenvalue weighted by Crippen LogP contribution is 2.33. The molecule has 1 saturated heterocycles. The van der Waals surface area contributed by atoms with E-state index in [1.807, 2.05) is 31.4 Å². The van der Waals surface area contributed by atoms with Crippen LogP contribution in [0.1, 0.15) is 42.8 Å². The Balaban J connectivity index is 1.75. The maximum absolute atomic E-state index is 11.1. The number of nitrogens with zero attached hydrogens (tertiary/aromatic N) is 3. The van der Waals surface area contributed by atoms with Crippen molar-refractivity contribution in [1.29, 1.82) is 0 Å². The summed E-state index contributed by atoms with van der Waals surface area (Å²) >= 11 is 0. The molecule has 132 valence electrons. The van der Waals surface area contributed by atoms with Gasteiger partial charge in [-0.2, -0.15) is 0 Å². The third kappa shape index (κ3) is 4.33. The zero-order valence-electron chi connectivity index (χ0n) is 14.8. The molecule has 1 fully saturated rings. The molecular formula is C19H25N5O. The molecule has 1 aliphatic rings. The fourth-order valence-electron chi connectivity index (χ4n) is 3.36. The number of hydrogen-bond acceptors (Lipinski definition) is 5. The number of carbonyl (C=O) groups excluding carboxylic acids is 1. The van der Waals surface area contributed by atoms with E-state index in [0.717, 1.165) is 43.1 Å². The molecule has 1 amide bonds. The number of hydrogen-bond donors (Lipinski definition) is 2.